The van der Waals surface area contributed by atoms with Gasteiger partial charge in [-0.05, 0) is 35.1 Å². The second-order valence-corrected chi connectivity index (χ2v) is 9.42. The molecule has 2 N–H and O–H groups in total. The van der Waals surface area contributed by atoms with Gasteiger partial charge >= 0.3 is 12.1 Å². The molecule has 0 bridgehead atoms. The second kappa shape index (κ2) is 9.71. The minimum Gasteiger partial charge on any atom is -0.478 e. The lowest BCUT2D eigenvalue weighted by Gasteiger charge is -2.33. The van der Waals surface area contributed by atoms with Crippen molar-refractivity contribution in [3.05, 3.63) is 71.3 Å². The first-order chi connectivity index (χ1) is 16.3. The Morgan fingerprint density at radius 2 is 1.68 bits per heavy atom. The molecule has 178 valence electrons. The monoisotopic (exact) mass is 462 g/mol. The predicted octanol–water partition coefficient (Wildman–Crippen LogP) is 4.18. The molecule has 4 rings (SSSR count). The van der Waals surface area contributed by atoms with Crippen LogP contribution in [0.5, 0.6) is 0 Å². The minimum atomic E-state index is -0.932. The van der Waals surface area contributed by atoms with Crippen LogP contribution in [0.3, 0.4) is 0 Å². The van der Waals surface area contributed by atoms with Gasteiger partial charge in [-0.3, -0.25) is 4.79 Å². The Bertz CT molecular complexity index is 1090. The first-order valence-electron chi connectivity index (χ1n) is 11.6. The summed E-state index contributed by atoms with van der Waals surface area (Å²) in [7, 11) is 0. The molecule has 0 saturated heterocycles. The third-order valence-corrected chi connectivity index (χ3v) is 6.71. The van der Waals surface area contributed by atoms with Crippen LogP contribution in [0.15, 0.2) is 60.2 Å². The summed E-state index contributed by atoms with van der Waals surface area (Å²) in [6.45, 7) is 4.91. The van der Waals surface area contributed by atoms with Gasteiger partial charge in [0.25, 0.3) is 0 Å². The lowest BCUT2D eigenvalue weighted by atomic mass is 9.87. The van der Waals surface area contributed by atoms with E-state index in [1.807, 2.05) is 38.1 Å². The molecule has 7 heteroatoms. The van der Waals surface area contributed by atoms with Crippen LogP contribution in [0.4, 0.5) is 4.79 Å². The number of rotatable bonds is 7. The van der Waals surface area contributed by atoms with E-state index >= 15 is 0 Å². The molecule has 0 unspecified atom stereocenters. The summed E-state index contributed by atoms with van der Waals surface area (Å²) in [5.74, 6) is -0.986. The first kappa shape index (κ1) is 23.5. The van der Waals surface area contributed by atoms with Crippen molar-refractivity contribution in [2.45, 2.75) is 32.6 Å². The SMILES string of the molecule is CC(C)(CCNC(=O)OCC1c2ccccc2-c2ccccc21)C(=O)N1CC=C(C(=O)O)CC1. The van der Waals surface area contributed by atoms with Crippen molar-refractivity contribution >= 4 is 18.0 Å². The van der Waals surface area contributed by atoms with E-state index in [4.69, 9.17) is 9.84 Å². The molecule has 0 spiro atoms. The van der Waals surface area contributed by atoms with Crippen molar-refractivity contribution < 1.29 is 24.2 Å². The van der Waals surface area contributed by atoms with Crippen molar-refractivity contribution in [3.8, 4) is 11.1 Å². The molecule has 2 aromatic rings. The normalized spacial score (nSPS) is 15.2. The Kier molecular flexibility index (Phi) is 6.72. The third kappa shape index (κ3) is 4.83. The van der Waals surface area contributed by atoms with Crippen LogP contribution in [0.25, 0.3) is 11.1 Å². The molecule has 0 aromatic heterocycles. The van der Waals surface area contributed by atoms with Gasteiger partial charge in [0, 0.05) is 36.5 Å². The molecule has 0 radical (unpaired) electrons. The van der Waals surface area contributed by atoms with Crippen LogP contribution in [-0.4, -0.2) is 54.2 Å². The van der Waals surface area contributed by atoms with E-state index in [1.54, 1.807) is 11.0 Å². The van der Waals surface area contributed by atoms with E-state index in [0.29, 0.717) is 38.0 Å². The Balaban J connectivity index is 1.27. The van der Waals surface area contributed by atoms with Crippen LogP contribution in [-0.2, 0) is 14.3 Å². The number of hydrogen-bond donors (Lipinski definition) is 2. The average Bonchev–Trinajstić information content (AvgIpc) is 3.16. The smallest absolute Gasteiger partial charge is 0.407 e. The number of nitrogens with one attached hydrogen (secondary N) is 1. The molecule has 34 heavy (non-hydrogen) atoms. The van der Waals surface area contributed by atoms with Gasteiger partial charge in [-0.2, -0.15) is 0 Å². The number of ether oxygens (including phenoxy) is 1. The molecular weight excluding hydrogens is 432 g/mol. The summed E-state index contributed by atoms with van der Waals surface area (Å²) >= 11 is 0. The molecule has 1 aliphatic heterocycles. The number of nitrogens with zero attached hydrogens (tertiary/aromatic N) is 1. The molecule has 2 aliphatic rings. The highest BCUT2D eigenvalue weighted by Gasteiger charge is 2.33. The average molecular weight is 463 g/mol. The van der Waals surface area contributed by atoms with E-state index in [2.05, 4.69) is 29.6 Å². The summed E-state index contributed by atoms with van der Waals surface area (Å²) in [6.07, 6.45) is 1.88. The molecule has 0 atom stereocenters. The minimum absolute atomic E-state index is 0.000909. The van der Waals surface area contributed by atoms with Gasteiger partial charge in [0.05, 0.1) is 0 Å². The first-order valence-corrected chi connectivity index (χ1v) is 11.6. The number of carbonyl (C=O) groups is 3. The highest BCUT2D eigenvalue weighted by atomic mass is 16.5. The largest absolute Gasteiger partial charge is 0.478 e. The maximum atomic E-state index is 12.9. The van der Waals surface area contributed by atoms with Crippen LogP contribution in [0.1, 0.15) is 43.7 Å². The highest BCUT2D eigenvalue weighted by molar-refractivity contribution is 5.88. The summed E-state index contributed by atoms with van der Waals surface area (Å²) < 4.78 is 5.56. The fourth-order valence-electron chi connectivity index (χ4n) is 4.71. The van der Waals surface area contributed by atoms with Gasteiger partial charge in [-0.25, -0.2) is 9.59 Å². The van der Waals surface area contributed by atoms with Crippen LogP contribution in [0.2, 0.25) is 0 Å². The molecule has 1 aliphatic carbocycles. The van der Waals surface area contributed by atoms with Crippen molar-refractivity contribution in [2.24, 2.45) is 5.41 Å². The quantitative estimate of drug-likeness (QED) is 0.643. The number of aliphatic carboxylic acids is 1. The number of carboxylic acids is 1. The van der Waals surface area contributed by atoms with Gasteiger partial charge in [-0.1, -0.05) is 68.5 Å². The van der Waals surface area contributed by atoms with Crippen molar-refractivity contribution in [3.63, 3.8) is 0 Å². The van der Waals surface area contributed by atoms with Gasteiger partial charge in [0.2, 0.25) is 5.91 Å². The summed E-state index contributed by atoms with van der Waals surface area (Å²) in [5.41, 5.74) is 4.32. The van der Waals surface area contributed by atoms with E-state index in [1.165, 1.54) is 11.1 Å². The van der Waals surface area contributed by atoms with E-state index < -0.39 is 17.5 Å². The molecular formula is C27H30N2O5. The number of hydrogen-bond acceptors (Lipinski definition) is 4. The van der Waals surface area contributed by atoms with Gasteiger partial charge in [0.15, 0.2) is 0 Å². The number of alkyl carbamates (subject to hydrolysis) is 1. The predicted molar refractivity (Wildman–Crippen MR) is 128 cm³/mol. The lowest BCUT2D eigenvalue weighted by Crippen LogP contribution is -2.44. The van der Waals surface area contributed by atoms with Crippen LogP contribution in [0, 0.1) is 5.41 Å². The second-order valence-electron chi connectivity index (χ2n) is 9.42. The lowest BCUT2D eigenvalue weighted by molar-refractivity contribution is -0.141. The highest BCUT2D eigenvalue weighted by Crippen LogP contribution is 2.44. The summed E-state index contributed by atoms with van der Waals surface area (Å²) in [6, 6.07) is 16.4. The molecule has 1 heterocycles. The van der Waals surface area contributed by atoms with Crippen molar-refractivity contribution in [1.29, 1.82) is 0 Å². The molecule has 7 nitrogen and oxygen atoms in total. The number of carbonyl (C=O) groups excluding carboxylic acids is 2. The van der Waals surface area contributed by atoms with E-state index in [0.717, 1.165) is 11.1 Å². The molecule has 0 saturated carbocycles. The Labute approximate surface area is 199 Å². The fourth-order valence-corrected chi connectivity index (χ4v) is 4.71. The summed E-state index contributed by atoms with van der Waals surface area (Å²) in [4.78, 5) is 38.0. The zero-order valence-electron chi connectivity index (χ0n) is 19.5. The van der Waals surface area contributed by atoms with E-state index in [9.17, 15) is 14.4 Å². The third-order valence-electron chi connectivity index (χ3n) is 6.71. The Hall–Kier alpha value is -3.61. The van der Waals surface area contributed by atoms with Crippen molar-refractivity contribution in [1.82, 2.24) is 10.2 Å². The van der Waals surface area contributed by atoms with Gasteiger partial charge < -0.3 is 20.1 Å². The maximum Gasteiger partial charge on any atom is 0.407 e. The zero-order valence-corrected chi connectivity index (χ0v) is 19.5. The fraction of sp³-hybridized carbons (Fsp3) is 0.370. The van der Waals surface area contributed by atoms with Gasteiger partial charge in [0.1, 0.15) is 6.61 Å². The topological polar surface area (TPSA) is 95.9 Å². The van der Waals surface area contributed by atoms with Crippen LogP contribution < -0.4 is 5.32 Å². The Morgan fingerprint density at radius 3 is 2.24 bits per heavy atom. The number of benzene rings is 2. The molecule has 2 aromatic carbocycles. The van der Waals surface area contributed by atoms with Crippen molar-refractivity contribution in [2.75, 3.05) is 26.2 Å². The maximum absolute atomic E-state index is 12.9. The molecule has 2 amide bonds. The van der Waals surface area contributed by atoms with Crippen LogP contribution >= 0.6 is 0 Å². The zero-order chi connectivity index (χ0) is 24.3. The Morgan fingerprint density at radius 1 is 1.06 bits per heavy atom. The summed E-state index contributed by atoms with van der Waals surface area (Å²) in [5, 5.41) is 11.8. The standard InChI is InChI=1S/C27H30N2O5/c1-27(2,25(32)29-15-11-18(12-16-29)24(30)31)13-14-28-26(33)34-17-23-21-9-5-3-7-19(21)20-8-4-6-10-22(20)23/h3-11,23H,12-17H2,1-2H3,(H,28,33)(H,30,31). The number of carboxylic acid groups (broad SMARTS) is 1. The number of fused-ring (bicyclic) bond motifs is 3. The number of amides is 2. The van der Waals surface area contributed by atoms with E-state index in [-0.39, 0.29) is 18.4 Å². The van der Waals surface area contributed by atoms with Gasteiger partial charge in [-0.15, -0.1) is 0 Å². The molecule has 0 fully saturated rings.